The first-order valence-corrected chi connectivity index (χ1v) is 9.75. The predicted octanol–water partition coefficient (Wildman–Crippen LogP) is 3.85. The maximum absolute atomic E-state index is 12.2. The monoisotopic (exact) mass is 436 g/mol. The number of fused-ring (bicyclic) bond motifs is 1. The van der Waals surface area contributed by atoms with Gasteiger partial charge in [0.05, 0.1) is 11.8 Å². The number of amides is 1. The number of hydrogen-bond donors (Lipinski definition) is 1. The Balaban J connectivity index is 1.29. The van der Waals surface area contributed by atoms with Gasteiger partial charge in [0.15, 0.2) is 11.5 Å². The molecule has 1 aliphatic heterocycles. The van der Waals surface area contributed by atoms with Crippen LogP contribution in [0.3, 0.4) is 0 Å². The van der Waals surface area contributed by atoms with Crippen molar-refractivity contribution in [1.29, 1.82) is 0 Å². The Bertz CT molecular complexity index is 1110. The fourth-order valence-corrected chi connectivity index (χ4v) is 2.89. The molecule has 3 aromatic rings. The van der Waals surface area contributed by atoms with Crippen LogP contribution in [0.2, 0.25) is 5.02 Å². The second kappa shape index (κ2) is 9.32. The van der Waals surface area contributed by atoms with Gasteiger partial charge in [0.2, 0.25) is 6.10 Å². The van der Waals surface area contributed by atoms with Crippen molar-refractivity contribution in [3.05, 3.63) is 88.9 Å². The molecule has 1 amide bonds. The molecule has 1 aliphatic rings. The maximum Gasteiger partial charge on any atom is 0.343 e. The van der Waals surface area contributed by atoms with Crippen molar-refractivity contribution < 1.29 is 23.8 Å². The van der Waals surface area contributed by atoms with Gasteiger partial charge in [-0.25, -0.2) is 10.2 Å². The lowest BCUT2D eigenvalue weighted by Gasteiger charge is -2.24. The van der Waals surface area contributed by atoms with Gasteiger partial charge in [-0.05, 0) is 66.2 Å². The summed E-state index contributed by atoms with van der Waals surface area (Å²) in [6, 6.07) is 20.2. The average molecular weight is 437 g/mol. The first-order valence-electron chi connectivity index (χ1n) is 9.38. The van der Waals surface area contributed by atoms with E-state index in [1.807, 2.05) is 6.07 Å². The highest BCUT2D eigenvalue weighted by Gasteiger charge is 2.26. The highest BCUT2D eigenvalue weighted by Crippen LogP contribution is 2.30. The van der Waals surface area contributed by atoms with Crippen molar-refractivity contribution in [3.63, 3.8) is 0 Å². The van der Waals surface area contributed by atoms with E-state index in [4.69, 9.17) is 25.8 Å². The fraction of sp³-hybridized carbons (Fsp3) is 0.0870. The van der Waals surface area contributed by atoms with Gasteiger partial charge >= 0.3 is 5.97 Å². The van der Waals surface area contributed by atoms with Crippen LogP contribution < -0.4 is 19.6 Å². The average Bonchev–Trinajstić information content (AvgIpc) is 2.80. The van der Waals surface area contributed by atoms with Gasteiger partial charge in [0.1, 0.15) is 12.4 Å². The molecule has 0 radical (unpaired) electrons. The first-order chi connectivity index (χ1) is 15.1. The molecule has 1 N–H and O–H groups in total. The zero-order chi connectivity index (χ0) is 21.6. The molecule has 1 atom stereocenters. The minimum absolute atomic E-state index is 0.103. The number of halogens is 1. The summed E-state index contributed by atoms with van der Waals surface area (Å²) in [5.74, 6) is 0.599. The van der Waals surface area contributed by atoms with Crippen molar-refractivity contribution in [2.75, 3.05) is 6.61 Å². The lowest BCUT2D eigenvalue weighted by molar-refractivity contribution is -0.130. The number of hydrazone groups is 1. The van der Waals surface area contributed by atoms with Gasteiger partial charge in [0, 0.05) is 5.02 Å². The van der Waals surface area contributed by atoms with Crippen molar-refractivity contribution in [3.8, 4) is 17.2 Å². The zero-order valence-electron chi connectivity index (χ0n) is 16.2. The molecular formula is C23H17ClN2O5. The molecule has 156 valence electrons. The number of rotatable bonds is 5. The Labute approximate surface area is 183 Å². The van der Waals surface area contributed by atoms with E-state index in [0.29, 0.717) is 33.4 Å². The summed E-state index contributed by atoms with van der Waals surface area (Å²) in [7, 11) is 0. The Kier molecular flexibility index (Phi) is 6.14. The standard InChI is InChI=1S/C23H17ClN2O5/c24-17-9-7-16(8-10-17)23(28)30-18-11-5-15(6-12-18)13-25-26-22(27)21-14-29-19-3-1-2-4-20(19)31-21/h1-13,21H,14H2,(H,26,27)/t21-/m1/s1. The van der Waals surface area contributed by atoms with Gasteiger partial charge in [-0.3, -0.25) is 4.79 Å². The third-order valence-electron chi connectivity index (χ3n) is 4.36. The lowest BCUT2D eigenvalue weighted by Crippen LogP contribution is -2.42. The molecule has 0 bridgehead atoms. The number of para-hydroxylation sites is 2. The highest BCUT2D eigenvalue weighted by atomic mass is 35.5. The molecule has 4 rings (SSSR count). The Morgan fingerprint density at radius 1 is 1.00 bits per heavy atom. The molecule has 1 heterocycles. The number of esters is 1. The Morgan fingerprint density at radius 2 is 1.71 bits per heavy atom. The minimum Gasteiger partial charge on any atom is -0.485 e. The number of nitrogens with one attached hydrogen (secondary N) is 1. The van der Waals surface area contributed by atoms with E-state index in [2.05, 4.69) is 10.5 Å². The Hall–Kier alpha value is -3.84. The van der Waals surface area contributed by atoms with Crippen LogP contribution in [0.25, 0.3) is 0 Å². The van der Waals surface area contributed by atoms with Crippen molar-refractivity contribution in [2.45, 2.75) is 6.10 Å². The summed E-state index contributed by atoms with van der Waals surface area (Å²) >= 11 is 5.82. The van der Waals surface area contributed by atoms with Gasteiger partial charge in [-0.2, -0.15) is 5.10 Å². The number of nitrogens with zero attached hydrogens (tertiary/aromatic N) is 1. The van der Waals surface area contributed by atoms with Crippen LogP contribution in [0, 0.1) is 0 Å². The maximum atomic E-state index is 12.2. The highest BCUT2D eigenvalue weighted by molar-refractivity contribution is 6.30. The van der Waals surface area contributed by atoms with Gasteiger partial charge in [-0.1, -0.05) is 23.7 Å². The van der Waals surface area contributed by atoms with Crippen LogP contribution in [0.4, 0.5) is 0 Å². The molecule has 0 aromatic heterocycles. The number of carbonyl (C=O) groups excluding carboxylic acids is 2. The fourth-order valence-electron chi connectivity index (χ4n) is 2.77. The summed E-state index contributed by atoms with van der Waals surface area (Å²) in [4.78, 5) is 24.4. The number of benzene rings is 3. The molecule has 0 fully saturated rings. The molecule has 0 saturated heterocycles. The van der Waals surface area contributed by atoms with E-state index in [0.717, 1.165) is 0 Å². The van der Waals surface area contributed by atoms with E-state index in [1.165, 1.54) is 6.21 Å². The molecule has 0 spiro atoms. The molecule has 3 aromatic carbocycles. The zero-order valence-corrected chi connectivity index (χ0v) is 16.9. The van der Waals surface area contributed by atoms with E-state index in [9.17, 15) is 9.59 Å². The van der Waals surface area contributed by atoms with Crippen molar-refractivity contribution >= 4 is 29.7 Å². The Morgan fingerprint density at radius 3 is 2.45 bits per heavy atom. The number of hydrogen-bond acceptors (Lipinski definition) is 6. The SMILES string of the molecule is O=C(Oc1ccc(C=NNC(=O)[C@H]2COc3ccccc3O2)cc1)c1ccc(Cl)cc1. The molecule has 0 aliphatic carbocycles. The van der Waals surface area contributed by atoms with E-state index < -0.39 is 18.0 Å². The molecule has 8 heteroatoms. The first kappa shape index (κ1) is 20.4. The smallest absolute Gasteiger partial charge is 0.343 e. The molecule has 31 heavy (non-hydrogen) atoms. The third kappa shape index (κ3) is 5.21. The van der Waals surface area contributed by atoms with E-state index in [-0.39, 0.29) is 6.61 Å². The largest absolute Gasteiger partial charge is 0.485 e. The predicted molar refractivity (Wildman–Crippen MR) is 115 cm³/mol. The van der Waals surface area contributed by atoms with Crippen LogP contribution in [0.15, 0.2) is 77.9 Å². The summed E-state index contributed by atoms with van der Waals surface area (Å²) in [5, 5.41) is 4.48. The number of carbonyl (C=O) groups is 2. The molecule has 0 saturated carbocycles. The number of ether oxygens (including phenoxy) is 3. The summed E-state index contributed by atoms with van der Waals surface area (Å²) in [5.41, 5.74) is 3.54. The lowest BCUT2D eigenvalue weighted by atomic mass is 10.2. The quantitative estimate of drug-likeness (QED) is 0.284. The van der Waals surface area contributed by atoms with Crippen LogP contribution in [-0.2, 0) is 4.79 Å². The summed E-state index contributed by atoms with van der Waals surface area (Å²) in [6.45, 7) is 0.103. The van der Waals surface area contributed by atoms with Gasteiger partial charge in [-0.15, -0.1) is 0 Å². The molecular weight excluding hydrogens is 420 g/mol. The second-order valence-corrected chi connectivity index (χ2v) is 7.00. The van der Waals surface area contributed by atoms with Crippen LogP contribution in [0.1, 0.15) is 15.9 Å². The molecule has 0 unspecified atom stereocenters. The normalized spacial score (nSPS) is 14.8. The van der Waals surface area contributed by atoms with Crippen LogP contribution >= 0.6 is 11.6 Å². The summed E-state index contributed by atoms with van der Waals surface area (Å²) < 4.78 is 16.5. The molecule has 7 nitrogen and oxygen atoms in total. The van der Waals surface area contributed by atoms with E-state index >= 15 is 0 Å². The van der Waals surface area contributed by atoms with Crippen molar-refractivity contribution in [2.24, 2.45) is 5.10 Å². The second-order valence-electron chi connectivity index (χ2n) is 6.56. The topological polar surface area (TPSA) is 86.2 Å². The summed E-state index contributed by atoms with van der Waals surface area (Å²) in [6.07, 6.45) is 0.682. The minimum atomic E-state index is -0.790. The van der Waals surface area contributed by atoms with Gasteiger partial charge < -0.3 is 14.2 Å². The third-order valence-corrected chi connectivity index (χ3v) is 4.61. The van der Waals surface area contributed by atoms with Crippen molar-refractivity contribution in [1.82, 2.24) is 5.43 Å². The van der Waals surface area contributed by atoms with Crippen LogP contribution in [-0.4, -0.2) is 30.8 Å². The van der Waals surface area contributed by atoms with Crippen LogP contribution in [0.5, 0.6) is 17.2 Å². The van der Waals surface area contributed by atoms with Gasteiger partial charge in [0.25, 0.3) is 5.91 Å². The van der Waals surface area contributed by atoms with E-state index in [1.54, 1.807) is 66.7 Å².